The van der Waals surface area contributed by atoms with Gasteiger partial charge in [0.1, 0.15) is 6.10 Å². The largest absolute Gasteiger partial charge is 0.375 e. The van der Waals surface area contributed by atoms with Crippen LogP contribution in [0.3, 0.4) is 0 Å². The lowest BCUT2D eigenvalue weighted by Gasteiger charge is -1.93. The predicted molar refractivity (Wildman–Crippen MR) is 47.1 cm³/mol. The zero-order chi connectivity index (χ0) is 8.13. The second-order valence-electron chi connectivity index (χ2n) is 3.35. The molecular weight excluding hydrogens is 172 g/mol. The molecule has 1 unspecified atom stereocenters. The highest BCUT2D eigenvalue weighted by molar-refractivity contribution is 7.15. The Kier molecular flexibility index (Phi) is 1.26. The highest BCUT2D eigenvalue weighted by Gasteiger charge is 2.44. The highest BCUT2D eigenvalue weighted by Crippen LogP contribution is 2.48. The standard InChI is InChI=1S/C8H10N2OS/c9-8-10-4-2-1-3-5-6(11-5)7(4)12-8/h5-6H,1-3H2,(H2,9,10)/t5?,6-/m0/s1. The smallest absolute Gasteiger partial charge is 0.180 e. The van der Waals surface area contributed by atoms with Crippen molar-refractivity contribution >= 4 is 16.5 Å². The molecule has 3 nitrogen and oxygen atoms in total. The van der Waals surface area contributed by atoms with Crippen LogP contribution in [0.25, 0.3) is 0 Å². The van der Waals surface area contributed by atoms with Crippen LogP contribution in [0.4, 0.5) is 5.13 Å². The number of epoxide rings is 1. The number of thiazole rings is 1. The minimum absolute atomic E-state index is 0.345. The lowest BCUT2D eigenvalue weighted by molar-refractivity contribution is 0.359. The number of ether oxygens (including phenoxy) is 1. The number of hydrogen-bond donors (Lipinski definition) is 1. The van der Waals surface area contributed by atoms with E-state index in [4.69, 9.17) is 10.5 Å². The van der Waals surface area contributed by atoms with Gasteiger partial charge >= 0.3 is 0 Å². The van der Waals surface area contributed by atoms with Gasteiger partial charge in [0.2, 0.25) is 0 Å². The van der Waals surface area contributed by atoms with Crippen LogP contribution in [0.5, 0.6) is 0 Å². The van der Waals surface area contributed by atoms with Crippen molar-refractivity contribution in [3.63, 3.8) is 0 Å². The molecule has 64 valence electrons. The molecule has 0 bridgehead atoms. The van der Waals surface area contributed by atoms with E-state index in [9.17, 15) is 0 Å². The monoisotopic (exact) mass is 182 g/mol. The fourth-order valence-electron chi connectivity index (χ4n) is 1.85. The molecule has 1 aromatic rings. The van der Waals surface area contributed by atoms with Gasteiger partial charge in [-0.2, -0.15) is 0 Å². The van der Waals surface area contributed by atoms with E-state index in [1.165, 1.54) is 23.4 Å². The van der Waals surface area contributed by atoms with Crippen LogP contribution in [-0.4, -0.2) is 11.1 Å². The third-order valence-electron chi connectivity index (χ3n) is 2.49. The van der Waals surface area contributed by atoms with E-state index < -0.39 is 0 Å². The first-order chi connectivity index (χ1) is 5.84. The van der Waals surface area contributed by atoms with Crippen molar-refractivity contribution in [2.75, 3.05) is 5.73 Å². The maximum absolute atomic E-state index is 5.64. The Morgan fingerprint density at radius 1 is 1.58 bits per heavy atom. The minimum atomic E-state index is 0.345. The van der Waals surface area contributed by atoms with Gasteiger partial charge in [-0.25, -0.2) is 4.98 Å². The third kappa shape index (κ3) is 0.881. The van der Waals surface area contributed by atoms with E-state index >= 15 is 0 Å². The average molecular weight is 182 g/mol. The topological polar surface area (TPSA) is 51.4 Å². The van der Waals surface area contributed by atoms with Gasteiger partial charge in [0.05, 0.1) is 16.7 Å². The fraction of sp³-hybridized carbons (Fsp3) is 0.625. The van der Waals surface area contributed by atoms with Gasteiger partial charge in [-0.15, -0.1) is 0 Å². The van der Waals surface area contributed by atoms with Crippen LogP contribution in [0.2, 0.25) is 0 Å². The van der Waals surface area contributed by atoms with E-state index in [1.54, 1.807) is 11.3 Å². The molecular formula is C8H10N2OS. The zero-order valence-corrected chi connectivity index (χ0v) is 7.43. The molecule has 2 heterocycles. The lowest BCUT2D eigenvalue weighted by Crippen LogP contribution is -1.89. The molecule has 0 amide bonds. The van der Waals surface area contributed by atoms with Crippen LogP contribution < -0.4 is 5.73 Å². The van der Waals surface area contributed by atoms with Gasteiger partial charge in [-0.3, -0.25) is 0 Å². The molecule has 1 aromatic heterocycles. The first kappa shape index (κ1) is 6.86. The normalized spacial score (nSPS) is 32.0. The Morgan fingerprint density at radius 3 is 3.42 bits per heavy atom. The summed E-state index contributed by atoms with van der Waals surface area (Å²) < 4.78 is 5.51. The second kappa shape index (κ2) is 2.20. The van der Waals surface area contributed by atoms with Crippen molar-refractivity contribution < 1.29 is 4.74 Å². The van der Waals surface area contributed by atoms with E-state index in [2.05, 4.69) is 4.98 Å². The number of hydrogen-bond acceptors (Lipinski definition) is 4. The number of aryl methyl sites for hydroxylation is 1. The Morgan fingerprint density at radius 2 is 2.50 bits per heavy atom. The number of fused-ring (bicyclic) bond motifs is 3. The Balaban J connectivity index is 2.07. The fourth-order valence-corrected chi connectivity index (χ4v) is 2.82. The molecule has 1 aliphatic heterocycles. The molecule has 2 N–H and O–H groups in total. The lowest BCUT2D eigenvalue weighted by atomic mass is 10.2. The molecule has 2 atom stereocenters. The Hall–Kier alpha value is -0.610. The maximum Gasteiger partial charge on any atom is 0.180 e. The van der Waals surface area contributed by atoms with Gasteiger partial charge in [-0.05, 0) is 19.3 Å². The molecule has 1 fully saturated rings. The second-order valence-corrected chi connectivity index (χ2v) is 4.41. The molecule has 2 aliphatic rings. The summed E-state index contributed by atoms with van der Waals surface area (Å²) in [7, 11) is 0. The maximum atomic E-state index is 5.64. The zero-order valence-electron chi connectivity index (χ0n) is 6.62. The summed E-state index contributed by atoms with van der Waals surface area (Å²) in [4.78, 5) is 5.59. The molecule has 0 aromatic carbocycles. The predicted octanol–water partition coefficient (Wildman–Crippen LogP) is 1.50. The summed E-state index contributed by atoms with van der Waals surface area (Å²) in [6.45, 7) is 0. The number of aromatic nitrogens is 1. The number of nitrogen functional groups attached to an aromatic ring is 1. The van der Waals surface area contributed by atoms with Crippen LogP contribution in [0.1, 0.15) is 29.5 Å². The molecule has 0 radical (unpaired) electrons. The van der Waals surface area contributed by atoms with Crippen molar-refractivity contribution in [2.24, 2.45) is 0 Å². The molecule has 3 rings (SSSR count). The summed E-state index contributed by atoms with van der Waals surface area (Å²) in [5.74, 6) is 0. The molecule has 1 saturated heterocycles. The van der Waals surface area contributed by atoms with E-state index in [-0.39, 0.29) is 0 Å². The van der Waals surface area contributed by atoms with Crippen molar-refractivity contribution in [1.82, 2.24) is 4.98 Å². The van der Waals surface area contributed by atoms with Crippen molar-refractivity contribution in [2.45, 2.75) is 31.5 Å². The number of anilines is 1. The quantitative estimate of drug-likeness (QED) is 0.619. The van der Waals surface area contributed by atoms with Crippen molar-refractivity contribution in [3.8, 4) is 0 Å². The number of nitrogens with two attached hydrogens (primary N) is 1. The van der Waals surface area contributed by atoms with Gasteiger partial charge in [0.15, 0.2) is 5.13 Å². The van der Waals surface area contributed by atoms with E-state index in [1.807, 2.05) is 0 Å². The number of rotatable bonds is 0. The van der Waals surface area contributed by atoms with Crippen LogP contribution in [-0.2, 0) is 11.2 Å². The summed E-state index contributed by atoms with van der Waals surface area (Å²) >= 11 is 1.59. The first-order valence-electron chi connectivity index (χ1n) is 4.25. The summed E-state index contributed by atoms with van der Waals surface area (Å²) in [6.07, 6.45) is 4.29. The van der Waals surface area contributed by atoms with Crippen molar-refractivity contribution in [3.05, 3.63) is 10.6 Å². The van der Waals surface area contributed by atoms with Gasteiger partial charge in [0, 0.05) is 0 Å². The summed E-state index contributed by atoms with van der Waals surface area (Å²) in [5.41, 5.74) is 6.82. The third-order valence-corrected chi connectivity index (χ3v) is 3.48. The van der Waals surface area contributed by atoms with Crippen LogP contribution >= 0.6 is 11.3 Å². The molecule has 12 heavy (non-hydrogen) atoms. The van der Waals surface area contributed by atoms with Gasteiger partial charge in [-0.1, -0.05) is 11.3 Å². The van der Waals surface area contributed by atoms with Crippen LogP contribution in [0.15, 0.2) is 0 Å². The van der Waals surface area contributed by atoms with Crippen molar-refractivity contribution in [1.29, 1.82) is 0 Å². The van der Waals surface area contributed by atoms with E-state index in [0.717, 1.165) is 6.42 Å². The van der Waals surface area contributed by atoms with E-state index in [0.29, 0.717) is 17.3 Å². The average Bonchev–Trinajstić information content (AvgIpc) is 2.71. The molecule has 0 spiro atoms. The molecule has 4 heteroatoms. The first-order valence-corrected chi connectivity index (χ1v) is 5.07. The minimum Gasteiger partial charge on any atom is -0.375 e. The summed E-state index contributed by atoms with van der Waals surface area (Å²) in [6, 6.07) is 0. The Labute approximate surface area is 74.6 Å². The number of nitrogens with zero attached hydrogens (tertiary/aromatic N) is 1. The molecule has 0 saturated carbocycles. The van der Waals surface area contributed by atoms with Crippen LogP contribution in [0, 0.1) is 0 Å². The molecule has 1 aliphatic carbocycles. The summed E-state index contributed by atoms with van der Waals surface area (Å²) in [5, 5.41) is 0.691. The Bertz CT molecular complexity index is 323. The van der Waals surface area contributed by atoms with Gasteiger partial charge < -0.3 is 10.5 Å². The SMILES string of the molecule is Nc1nc2c(s1)[C@H]1OC1CCC2. The van der Waals surface area contributed by atoms with Gasteiger partial charge in [0.25, 0.3) is 0 Å². The highest BCUT2D eigenvalue weighted by atomic mass is 32.1.